The van der Waals surface area contributed by atoms with Gasteiger partial charge in [0.15, 0.2) is 0 Å². The van der Waals surface area contributed by atoms with Crippen molar-refractivity contribution in [3.8, 4) is 0 Å². The molecule has 0 amide bonds. The van der Waals surface area contributed by atoms with E-state index in [-0.39, 0.29) is 0 Å². The molecule has 0 fully saturated rings. The molecular weight excluding hydrogens is 171 g/mol. The van der Waals surface area contributed by atoms with E-state index >= 15 is 0 Å². The molecule has 0 heterocycles. The summed E-state index contributed by atoms with van der Waals surface area (Å²) in [5, 5.41) is 0. The first-order valence-electron chi connectivity index (χ1n) is 3.06. The first-order chi connectivity index (χ1) is 4.85. The Balaban J connectivity index is 3.38. The molecule has 0 aliphatic carbocycles. The summed E-state index contributed by atoms with van der Waals surface area (Å²) in [4.78, 5) is 0. The van der Waals surface area contributed by atoms with Crippen molar-refractivity contribution in [2.24, 2.45) is 0 Å². The van der Waals surface area contributed by atoms with E-state index in [1.54, 1.807) is 0 Å². The minimum Gasteiger partial charge on any atom is -0.330 e. The minimum absolute atomic E-state index is 0.407. The van der Waals surface area contributed by atoms with Crippen molar-refractivity contribution in [2.45, 2.75) is 20.3 Å². The maximum absolute atomic E-state index is 5.00. The third-order valence-electron chi connectivity index (χ3n) is 0.735. The Labute approximate surface area is 67.6 Å². The molecule has 0 saturated heterocycles. The van der Waals surface area contributed by atoms with Crippen molar-refractivity contribution in [1.29, 1.82) is 0 Å². The molecule has 10 heavy (non-hydrogen) atoms. The maximum atomic E-state index is 5.00. The second-order valence-corrected chi connectivity index (χ2v) is 2.19. The van der Waals surface area contributed by atoms with Gasteiger partial charge in [-0.3, -0.25) is 4.52 Å². The standard InChI is InChI=1S/C5H11O3PS/c1-3-6-5(7-4-2)8-9-10/h5H,3-4H2,1-2H3. The SMILES string of the molecule is CCOC(OCC)OP=S. The van der Waals surface area contributed by atoms with Crippen molar-refractivity contribution in [3.63, 3.8) is 0 Å². The topological polar surface area (TPSA) is 27.7 Å². The summed E-state index contributed by atoms with van der Waals surface area (Å²) in [6.45, 7) is 4.28. The van der Waals surface area contributed by atoms with Crippen LogP contribution in [0.1, 0.15) is 13.8 Å². The lowest BCUT2D eigenvalue weighted by Crippen LogP contribution is -2.16. The van der Waals surface area contributed by atoms with Gasteiger partial charge in [-0.2, -0.15) is 0 Å². The first-order valence-corrected chi connectivity index (χ1v) is 4.89. The van der Waals surface area contributed by atoms with Crippen LogP contribution in [0.4, 0.5) is 0 Å². The summed E-state index contributed by atoms with van der Waals surface area (Å²) in [6.07, 6.45) is 0. The van der Waals surface area contributed by atoms with E-state index in [1.807, 2.05) is 13.8 Å². The van der Waals surface area contributed by atoms with Gasteiger partial charge < -0.3 is 9.47 Å². The normalized spacial score (nSPS) is 11.1. The second-order valence-electron chi connectivity index (χ2n) is 1.38. The molecule has 0 radical (unpaired) electrons. The zero-order valence-electron chi connectivity index (χ0n) is 6.07. The molecule has 0 aromatic rings. The van der Waals surface area contributed by atoms with Crippen LogP contribution in [0.3, 0.4) is 0 Å². The van der Waals surface area contributed by atoms with E-state index in [1.165, 1.54) is 0 Å². The molecule has 0 aliphatic heterocycles. The average molecular weight is 182 g/mol. The Morgan fingerprint density at radius 2 is 1.80 bits per heavy atom. The highest BCUT2D eigenvalue weighted by Gasteiger charge is 2.04. The van der Waals surface area contributed by atoms with Crippen LogP contribution in [0.15, 0.2) is 0 Å². The van der Waals surface area contributed by atoms with E-state index in [2.05, 4.69) is 11.8 Å². The molecule has 0 aromatic carbocycles. The number of ether oxygens (including phenoxy) is 2. The Morgan fingerprint density at radius 1 is 1.30 bits per heavy atom. The molecule has 60 valence electrons. The molecule has 0 unspecified atom stereocenters. The molecule has 0 N–H and O–H groups in total. The van der Waals surface area contributed by atoms with Gasteiger partial charge in [-0.15, -0.1) is 0 Å². The third kappa shape index (κ3) is 5.21. The molecule has 0 aromatic heterocycles. The molecule has 0 spiro atoms. The summed E-state index contributed by atoms with van der Waals surface area (Å²) in [7, 11) is 0.407. The second kappa shape index (κ2) is 7.51. The van der Waals surface area contributed by atoms with Crippen LogP contribution in [0.25, 0.3) is 0 Å². The van der Waals surface area contributed by atoms with Crippen molar-refractivity contribution in [2.75, 3.05) is 13.2 Å². The highest BCUT2D eigenvalue weighted by Crippen LogP contribution is 2.05. The molecular formula is C5H11O3PS. The predicted octanol–water partition coefficient (Wildman–Crippen LogP) is 1.68. The highest BCUT2D eigenvalue weighted by molar-refractivity contribution is 7.94. The van der Waals surface area contributed by atoms with Gasteiger partial charge in [0.1, 0.15) is 7.58 Å². The summed E-state index contributed by atoms with van der Waals surface area (Å²) >= 11 is 4.55. The molecule has 0 rings (SSSR count). The largest absolute Gasteiger partial charge is 0.330 e. The summed E-state index contributed by atoms with van der Waals surface area (Å²) in [5.74, 6) is 0. The maximum Gasteiger partial charge on any atom is 0.280 e. The number of rotatable bonds is 6. The Bertz CT molecular complexity index is 85.0. The quantitative estimate of drug-likeness (QED) is 0.461. The monoisotopic (exact) mass is 182 g/mol. The first kappa shape index (κ1) is 10.4. The fraction of sp³-hybridized carbons (Fsp3) is 1.00. The van der Waals surface area contributed by atoms with Crippen molar-refractivity contribution >= 4 is 19.4 Å². The smallest absolute Gasteiger partial charge is 0.280 e. The van der Waals surface area contributed by atoms with Crippen LogP contribution in [-0.4, -0.2) is 19.7 Å². The fourth-order valence-corrected chi connectivity index (χ4v) is 0.819. The third-order valence-corrected chi connectivity index (χ3v) is 1.25. The van der Waals surface area contributed by atoms with Gasteiger partial charge in [0.2, 0.25) is 0 Å². The highest BCUT2D eigenvalue weighted by atomic mass is 32.4. The number of hydrogen-bond donors (Lipinski definition) is 0. The van der Waals surface area contributed by atoms with E-state index in [9.17, 15) is 0 Å². The lowest BCUT2D eigenvalue weighted by atomic mass is 10.8. The van der Waals surface area contributed by atoms with Gasteiger partial charge in [0.05, 0.1) is 0 Å². The van der Waals surface area contributed by atoms with Crippen LogP contribution >= 0.6 is 7.58 Å². The Kier molecular flexibility index (Phi) is 7.81. The number of hydrogen-bond acceptors (Lipinski definition) is 4. The van der Waals surface area contributed by atoms with Gasteiger partial charge in [0.25, 0.3) is 6.48 Å². The van der Waals surface area contributed by atoms with E-state index < -0.39 is 6.48 Å². The van der Waals surface area contributed by atoms with Crippen molar-refractivity contribution in [1.82, 2.24) is 0 Å². The zero-order chi connectivity index (χ0) is 7.82. The van der Waals surface area contributed by atoms with Crippen LogP contribution in [-0.2, 0) is 25.8 Å². The lowest BCUT2D eigenvalue weighted by Gasteiger charge is -2.12. The average Bonchev–Trinajstić information content (AvgIpc) is 1.90. The van der Waals surface area contributed by atoms with Crippen molar-refractivity contribution in [3.05, 3.63) is 0 Å². The zero-order valence-corrected chi connectivity index (χ0v) is 7.78. The molecule has 0 aliphatic rings. The van der Waals surface area contributed by atoms with Gasteiger partial charge in [0, 0.05) is 13.2 Å². The minimum atomic E-state index is -0.589. The molecule has 3 nitrogen and oxygen atoms in total. The predicted molar refractivity (Wildman–Crippen MR) is 42.4 cm³/mol. The summed E-state index contributed by atoms with van der Waals surface area (Å²) in [5.41, 5.74) is 0. The molecule has 5 heteroatoms. The Morgan fingerprint density at radius 3 is 2.10 bits per heavy atom. The van der Waals surface area contributed by atoms with E-state index in [0.717, 1.165) is 0 Å². The summed E-state index contributed by atoms with van der Waals surface area (Å²) < 4.78 is 14.9. The molecule has 0 saturated carbocycles. The van der Waals surface area contributed by atoms with Gasteiger partial charge in [-0.25, -0.2) is 0 Å². The van der Waals surface area contributed by atoms with Crippen LogP contribution < -0.4 is 0 Å². The van der Waals surface area contributed by atoms with Crippen LogP contribution in [0, 0.1) is 0 Å². The fourth-order valence-electron chi connectivity index (χ4n) is 0.416. The molecule has 0 atom stereocenters. The Hall–Kier alpha value is 0.400. The van der Waals surface area contributed by atoms with E-state index in [0.29, 0.717) is 20.8 Å². The van der Waals surface area contributed by atoms with Crippen LogP contribution in [0.2, 0.25) is 0 Å². The van der Waals surface area contributed by atoms with Gasteiger partial charge in [-0.1, -0.05) is 0 Å². The van der Waals surface area contributed by atoms with Gasteiger partial charge in [-0.05, 0) is 25.7 Å². The van der Waals surface area contributed by atoms with Crippen molar-refractivity contribution < 1.29 is 14.0 Å². The lowest BCUT2D eigenvalue weighted by molar-refractivity contribution is -0.237. The van der Waals surface area contributed by atoms with Crippen LogP contribution in [0.5, 0.6) is 0 Å². The molecule has 0 bridgehead atoms. The van der Waals surface area contributed by atoms with Gasteiger partial charge >= 0.3 is 0 Å². The van der Waals surface area contributed by atoms with E-state index in [4.69, 9.17) is 14.0 Å². The summed E-state index contributed by atoms with van der Waals surface area (Å²) in [6, 6.07) is 0.